The van der Waals surface area contributed by atoms with Gasteiger partial charge in [-0.1, -0.05) is 36.4 Å². The normalized spacial score (nSPS) is 11.5. The fourth-order valence-corrected chi connectivity index (χ4v) is 3.60. The lowest BCUT2D eigenvalue weighted by atomic mass is 10.1. The molecule has 0 bridgehead atoms. The molecule has 0 fully saturated rings. The minimum absolute atomic E-state index is 0.0996. The van der Waals surface area contributed by atoms with Crippen LogP contribution in [0.25, 0.3) is 34.3 Å². The predicted molar refractivity (Wildman–Crippen MR) is 104 cm³/mol. The molecule has 0 aliphatic heterocycles. The van der Waals surface area contributed by atoms with E-state index in [0.29, 0.717) is 17.1 Å². The number of sulfone groups is 1. The number of anilines is 1. The highest BCUT2D eigenvalue weighted by molar-refractivity contribution is 7.90. The SMILES string of the molecule is CS(=O)(=O)c1ccccc1-c1cnc(N)c(-c2nnc(-c3ccccc3)o2)n1. The molecule has 0 unspecified atom stereocenters. The van der Waals surface area contributed by atoms with Gasteiger partial charge in [-0.3, -0.25) is 0 Å². The summed E-state index contributed by atoms with van der Waals surface area (Å²) in [4.78, 5) is 8.72. The number of nitrogens with two attached hydrogens (primary N) is 1. The molecule has 2 heterocycles. The van der Waals surface area contributed by atoms with Crippen LogP contribution in [0.5, 0.6) is 0 Å². The van der Waals surface area contributed by atoms with Gasteiger partial charge in [0.1, 0.15) is 0 Å². The molecule has 2 aromatic carbocycles. The van der Waals surface area contributed by atoms with Crippen LogP contribution in [0.15, 0.2) is 70.1 Å². The van der Waals surface area contributed by atoms with Crippen LogP contribution in [-0.2, 0) is 9.84 Å². The largest absolute Gasteiger partial charge is 0.414 e. The number of aromatic nitrogens is 4. The smallest absolute Gasteiger partial charge is 0.270 e. The second-order valence-corrected chi connectivity index (χ2v) is 8.02. The van der Waals surface area contributed by atoms with Crippen LogP contribution in [-0.4, -0.2) is 34.8 Å². The molecule has 0 radical (unpaired) electrons. The highest BCUT2D eigenvalue weighted by Gasteiger charge is 2.19. The molecule has 9 heteroatoms. The molecule has 0 spiro atoms. The van der Waals surface area contributed by atoms with Gasteiger partial charge in [0.25, 0.3) is 5.89 Å². The van der Waals surface area contributed by atoms with Crippen molar-refractivity contribution in [1.29, 1.82) is 0 Å². The lowest BCUT2D eigenvalue weighted by Crippen LogP contribution is -2.03. The molecule has 0 amide bonds. The second kappa shape index (κ2) is 6.86. The van der Waals surface area contributed by atoms with Crippen molar-refractivity contribution >= 4 is 15.7 Å². The topological polar surface area (TPSA) is 125 Å². The van der Waals surface area contributed by atoms with E-state index in [1.807, 2.05) is 30.3 Å². The van der Waals surface area contributed by atoms with Gasteiger partial charge in [0.15, 0.2) is 21.3 Å². The average Bonchev–Trinajstić information content (AvgIpc) is 3.18. The maximum absolute atomic E-state index is 12.1. The van der Waals surface area contributed by atoms with Crippen LogP contribution in [0.2, 0.25) is 0 Å². The molecule has 28 heavy (non-hydrogen) atoms. The predicted octanol–water partition coefficient (Wildman–Crippen LogP) is 2.85. The van der Waals surface area contributed by atoms with Gasteiger partial charge in [0.05, 0.1) is 16.8 Å². The Morgan fingerprint density at radius 2 is 1.61 bits per heavy atom. The van der Waals surface area contributed by atoms with Gasteiger partial charge in [0.2, 0.25) is 5.89 Å². The van der Waals surface area contributed by atoms with E-state index in [4.69, 9.17) is 10.2 Å². The molecular formula is C19H15N5O3S. The van der Waals surface area contributed by atoms with Crippen molar-refractivity contribution in [3.8, 4) is 34.3 Å². The molecule has 0 aliphatic carbocycles. The van der Waals surface area contributed by atoms with Gasteiger partial charge in [-0.15, -0.1) is 10.2 Å². The summed E-state index contributed by atoms with van der Waals surface area (Å²) < 4.78 is 29.9. The van der Waals surface area contributed by atoms with Crippen molar-refractivity contribution in [1.82, 2.24) is 20.2 Å². The lowest BCUT2D eigenvalue weighted by Gasteiger charge is -2.08. The van der Waals surface area contributed by atoms with E-state index in [1.165, 1.54) is 12.3 Å². The van der Waals surface area contributed by atoms with E-state index in [2.05, 4.69) is 20.2 Å². The first-order chi connectivity index (χ1) is 13.4. The summed E-state index contributed by atoms with van der Waals surface area (Å²) in [6, 6.07) is 15.8. The van der Waals surface area contributed by atoms with Crippen LogP contribution in [0.3, 0.4) is 0 Å². The van der Waals surface area contributed by atoms with Gasteiger partial charge < -0.3 is 10.2 Å². The Hall–Kier alpha value is -3.59. The van der Waals surface area contributed by atoms with Gasteiger partial charge >= 0.3 is 0 Å². The van der Waals surface area contributed by atoms with Crippen LogP contribution >= 0.6 is 0 Å². The van der Waals surface area contributed by atoms with Crippen molar-refractivity contribution in [2.45, 2.75) is 4.90 Å². The maximum Gasteiger partial charge on any atom is 0.270 e. The average molecular weight is 393 g/mol. The third kappa shape index (κ3) is 3.35. The summed E-state index contributed by atoms with van der Waals surface area (Å²) >= 11 is 0. The van der Waals surface area contributed by atoms with Crippen LogP contribution < -0.4 is 5.73 Å². The molecule has 140 valence electrons. The summed E-state index contributed by atoms with van der Waals surface area (Å²) in [6.45, 7) is 0. The van der Waals surface area contributed by atoms with E-state index in [1.54, 1.807) is 18.2 Å². The van der Waals surface area contributed by atoms with Crippen molar-refractivity contribution < 1.29 is 12.8 Å². The van der Waals surface area contributed by atoms with E-state index in [9.17, 15) is 8.42 Å². The van der Waals surface area contributed by atoms with Crippen LogP contribution in [0.4, 0.5) is 5.82 Å². The molecule has 8 nitrogen and oxygen atoms in total. The fourth-order valence-electron chi connectivity index (χ4n) is 2.70. The van der Waals surface area contributed by atoms with E-state index in [0.717, 1.165) is 11.8 Å². The summed E-state index contributed by atoms with van der Waals surface area (Å²) in [5, 5.41) is 8.04. The standard InChI is InChI=1S/C19H15N5O3S/c1-28(25,26)15-10-6-5-9-13(15)14-11-21-17(20)16(22-14)19-24-23-18(27-19)12-7-3-2-4-8-12/h2-11H,1H3,(H2,20,21). The number of nitrogens with zero attached hydrogens (tertiary/aromatic N) is 4. The first kappa shape index (κ1) is 17.8. The Balaban J connectivity index is 1.81. The number of nitrogen functional groups attached to an aromatic ring is 1. The highest BCUT2D eigenvalue weighted by Crippen LogP contribution is 2.30. The van der Waals surface area contributed by atoms with Crippen molar-refractivity contribution in [2.75, 3.05) is 12.0 Å². The van der Waals surface area contributed by atoms with Gasteiger partial charge in [-0.25, -0.2) is 18.4 Å². The Bertz CT molecular complexity index is 1250. The lowest BCUT2D eigenvalue weighted by molar-refractivity contribution is 0.582. The van der Waals surface area contributed by atoms with E-state index < -0.39 is 9.84 Å². The van der Waals surface area contributed by atoms with E-state index in [-0.39, 0.29) is 22.3 Å². The molecule has 2 aromatic heterocycles. The van der Waals surface area contributed by atoms with Crippen LogP contribution in [0, 0.1) is 0 Å². The quantitative estimate of drug-likeness (QED) is 0.561. The Kier molecular flexibility index (Phi) is 4.36. The summed E-state index contributed by atoms with van der Waals surface area (Å²) in [6.07, 6.45) is 2.55. The van der Waals surface area contributed by atoms with Gasteiger partial charge in [-0.05, 0) is 18.2 Å². The van der Waals surface area contributed by atoms with Crippen molar-refractivity contribution in [3.05, 3.63) is 60.8 Å². The fraction of sp³-hybridized carbons (Fsp3) is 0.0526. The molecule has 4 aromatic rings. The molecule has 0 aliphatic rings. The van der Waals surface area contributed by atoms with E-state index >= 15 is 0 Å². The molecule has 0 saturated carbocycles. The zero-order valence-corrected chi connectivity index (χ0v) is 15.6. The van der Waals surface area contributed by atoms with Gasteiger partial charge in [-0.2, -0.15) is 0 Å². The molecule has 2 N–H and O–H groups in total. The Morgan fingerprint density at radius 3 is 2.36 bits per heavy atom. The molecular weight excluding hydrogens is 378 g/mol. The third-order valence-electron chi connectivity index (χ3n) is 4.01. The maximum atomic E-state index is 12.1. The summed E-state index contributed by atoms with van der Waals surface area (Å²) in [5.41, 5.74) is 7.65. The Labute approximate surface area is 161 Å². The molecule has 0 atom stereocenters. The highest BCUT2D eigenvalue weighted by atomic mass is 32.2. The van der Waals surface area contributed by atoms with Crippen molar-refractivity contribution in [3.63, 3.8) is 0 Å². The zero-order valence-electron chi connectivity index (χ0n) is 14.8. The summed E-state index contributed by atoms with van der Waals surface area (Å²) in [7, 11) is -3.45. The third-order valence-corrected chi connectivity index (χ3v) is 5.17. The number of hydrogen-bond donors (Lipinski definition) is 1. The first-order valence-electron chi connectivity index (χ1n) is 8.25. The Morgan fingerprint density at radius 1 is 0.929 bits per heavy atom. The monoisotopic (exact) mass is 393 g/mol. The minimum atomic E-state index is -3.45. The minimum Gasteiger partial charge on any atom is -0.414 e. The summed E-state index contributed by atoms with van der Waals surface area (Å²) in [5.74, 6) is 0.519. The number of benzene rings is 2. The number of hydrogen-bond acceptors (Lipinski definition) is 8. The van der Waals surface area contributed by atoms with Gasteiger partial charge in [0, 0.05) is 17.4 Å². The first-order valence-corrected chi connectivity index (χ1v) is 10.1. The zero-order chi connectivity index (χ0) is 19.7. The number of rotatable bonds is 4. The molecule has 0 saturated heterocycles. The van der Waals surface area contributed by atoms with Crippen LogP contribution in [0.1, 0.15) is 0 Å². The van der Waals surface area contributed by atoms with Crippen molar-refractivity contribution in [2.24, 2.45) is 0 Å². The second-order valence-electron chi connectivity index (χ2n) is 6.04. The molecule has 4 rings (SSSR count).